The number of thiophene rings is 1. The van der Waals surface area contributed by atoms with Crippen molar-refractivity contribution in [3.8, 4) is 0 Å². The predicted molar refractivity (Wildman–Crippen MR) is 151 cm³/mol. The van der Waals surface area contributed by atoms with Gasteiger partial charge in [0.25, 0.3) is 5.91 Å². The van der Waals surface area contributed by atoms with Crippen LogP contribution in [-0.4, -0.2) is 85.3 Å². The van der Waals surface area contributed by atoms with Crippen LogP contribution < -0.4 is 5.32 Å². The molecule has 0 saturated carbocycles. The number of hydrogen-bond acceptors (Lipinski definition) is 9. The summed E-state index contributed by atoms with van der Waals surface area (Å²) in [5.74, 6) is -0.468. The molecule has 44 heavy (non-hydrogen) atoms. The van der Waals surface area contributed by atoms with Crippen LogP contribution in [0.4, 0.5) is 8.78 Å². The van der Waals surface area contributed by atoms with Crippen LogP contribution in [-0.2, 0) is 24.6 Å². The third-order valence-electron chi connectivity index (χ3n) is 8.32. The number of fused-ring (bicyclic) bond motifs is 2. The van der Waals surface area contributed by atoms with Gasteiger partial charge in [-0.1, -0.05) is 6.07 Å². The van der Waals surface area contributed by atoms with Crippen molar-refractivity contribution in [1.82, 2.24) is 25.3 Å². The lowest BCUT2D eigenvalue weighted by Crippen LogP contribution is -2.56. The Morgan fingerprint density at radius 3 is 2.68 bits per heavy atom. The average Bonchev–Trinajstić information content (AvgIpc) is 3.71. The summed E-state index contributed by atoms with van der Waals surface area (Å²) in [7, 11) is -5.76. The second kappa shape index (κ2) is 11.6. The summed E-state index contributed by atoms with van der Waals surface area (Å²) in [6.07, 6.45) is 2.31. The molecule has 17 heteroatoms. The molecule has 2 aromatic heterocycles. The van der Waals surface area contributed by atoms with E-state index in [4.69, 9.17) is 18.9 Å². The minimum Gasteiger partial charge on any atom is -0.423 e. The first-order valence-electron chi connectivity index (χ1n) is 14.1. The van der Waals surface area contributed by atoms with E-state index in [1.54, 1.807) is 16.7 Å². The van der Waals surface area contributed by atoms with Crippen molar-refractivity contribution >= 4 is 46.7 Å². The number of aromatic nitrogens is 2. The Balaban J connectivity index is 1.16. The second-order valence-electron chi connectivity index (χ2n) is 11.2. The highest BCUT2D eigenvalue weighted by atomic mass is 32.1. The van der Waals surface area contributed by atoms with Crippen LogP contribution in [0.1, 0.15) is 65.2 Å². The van der Waals surface area contributed by atoms with Gasteiger partial charge in [0.15, 0.2) is 6.10 Å². The van der Waals surface area contributed by atoms with Crippen molar-refractivity contribution in [2.45, 2.75) is 68.9 Å². The maximum Gasteiger partial charge on any atom is 0.399 e. The van der Waals surface area contributed by atoms with Crippen molar-refractivity contribution in [2.24, 2.45) is 0 Å². The van der Waals surface area contributed by atoms with E-state index in [0.717, 1.165) is 23.5 Å². The van der Waals surface area contributed by atoms with Gasteiger partial charge in [0.2, 0.25) is 23.6 Å². The summed E-state index contributed by atoms with van der Waals surface area (Å²) < 4.78 is 51.5. The van der Waals surface area contributed by atoms with Gasteiger partial charge in [0, 0.05) is 29.8 Å². The van der Waals surface area contributed by atoms with Crippen LogP contribution >= 0.6 is 18.9 Å². The molecule has 3 amide bonds. The Hall–Kier alpha value is -3.30. The Bertz CT molecular complexity index is 1660. The monoisotopic (exact) mass is 653 g/mol. The fourth-order valence-corrected chi connectivity index (χ4v) is 7.55. The fraction of sp³-hybridized carbons (Fsp3) is 0.519. The molecular formula is C27H30F2N5O8PS. The number of nitrogens with zero attached hydrogens (tertiary/aromatic N) is 4. The number of halogens is 2. The van der Waals surface area contributed by atoms with Gasteiger partial charge in [0.1, 0.15) is 12.1 Å². The zero-order valence-corrected chi connectivity index (χ0v) is 25.2. The zero-order chi connectivity index (χ0) is 31.4. The molecule has 1 unspecified atom stereocenters. The van der Waals surface area contributed by atoms with Gasteiger partial charge in [-0.3, -0.25) is 18.9 Å². The smallest absolute Gasteiger partial charge is 0.399 e. The van der Waals surface area contributed by atoms with E-state index >= 15 is 0 Å². The number of nitrogens with one attached hydrogen (secondary N) is 1. The van der Waals surface area contributed by atoms with Gasteiger partial charge >= 0.3 is 13.3 Å². The molecule has 3 aliphatic rings. The van der Waals surface area contributed by atoms with Crippen LogP contribution in [0.2, 0.25) is 0 Å². The molecule has 3 N–H and O–H groups in total. The minimum absolute atomic E-state index is 0.132. The molecule has 5 heterocycles. The molecule has 13 nitrogen and oxygen atoms in total. The molecule has 0 bridgehead atoms. The maximum absolute atomic E-state index is 14.2. The van der Waals surface area contributed by atoms with Crippen molar-refractivity contribution in [3.63, 3.8) is 0 Å². The molecule has 6 rings (SSSR count). The van der Waals surface area contributed by atoms with Crippen molar-refractivity contribution in [2.75, 3.05) is 19.7 Å². The normalized spacial score (nSPS) is 24.8. The van der Waals surface area contributed by atoms with Crippen LogP contribution in [0, 0.1) is 6.92 Å². The number of alkyl halides is 2. The highest BCUT2D eigenvalue weighted by Gasteiger charge is 2.50. The summed E-state index contributed by atoms with van der Waals surface area (Å²) in [4.78, 5) is 62.4. The molecule has 1 aromatic carbocycles. The quantitative estimate of drug-likeness (QED) is 0.336. The maximum atomic E-state index is 14.2. The molecular weight excluding hydrogens is 623 g/mol. The molecule has 0 aliphatic carbocycles. The van der Waals surface area contributed by atoms with Gasteiger partial charge in [-0.05, 0) is 55.7 Å². The Morgan fingerprint density at radius 2 is 1.95 bits per heavy atom. The van der Waals surface area contributed by atoms with E-state index in [1.165, 1.54) is 12.1 Å². The number of carbonyl (C=O) groups is 3. The van der Waals surface area contributed by atoms with Crippen molar-refractivity contribution in [1.29, 1.82) is 0 Å². The summed E-state index contributed by atoms with van der Waals surface area (Å²) in [5.41, 5.74) is -5.25. The van der Waals surface area contributed by atoms with Crippen LogP contribution in [0.5, 0.6) is 0 Å². The lowest BCUT2D eigenvalue weighted by atomic mass is 10.1. The SMILES string of the molecule is Cc1nnc(C2CN(C(=O)[C@@H]3CC[C@@H]4CCC[C@H](NC(=O)c5cc6cc(C(F)(F)P(=O)(O)O)ccc6s5)C(=O)N43)CCO2)o1. The first-order chi connectivity index (χ1) is 20.8. The van der Waals surface area contributed by atoms with Gasteiger partial charge in [-0.15, -0.1) is 21.5 Å². The topological polar surface area (TPSA) is 175 Å². The van der Waals surface area contributed by atoms with Gasteiger partial charge in [-0.2, -0.15) is 8.78 Å². The first-order valence-corrected chi connectivity index (χ1v) is 16.6. The Labute approximate surface area is 253 Å². The van der Waals surface area contributed by atoms with Crippen molar-refractivity contribution < 1.29 is 46.7 Å². The fourth-order valence-electron chi connectivity index (χ4n) is 6.13. The number of rotatable bonds is 6. The standard InChI is InChI=1S/C27H30F2N5O8PS/c1-14-31-32-24(42-14)20-13-33(9-10-41-20)26(37)19-7-6-17-3-2-4-18(25(36)34(17)19)30-23(35)22-12-15-11-16(5-8-21(15)44-22)27(28,29)43(38,39)40/h5,8,11-12,17-20H,2-4,6-7,9-10,13H2,1H3,(H,30,35)(H2,38,39,40)/t17-,18-,19-,20?/m0/s1. The van der Waals surface area contributed by atoms with E-state index < -0.39 is 42.9 Å². The lowest BCUT2D eigenvalue weighted by Gasteiger charge is -2.36. The summed E-state index contributed by atoms with van der Waals surface area (Å²) in [6.45, 7) is 2.49. The molecule has 0 spiro atoms. The molecule has 236 valence electrons. The highest BCUT2D eigenvalue weighted by molar-refractivity contribution is 7.52. The molecule has 4 atom stereocenters. The van der Waals surface area contributed by atoms with E-state index in [-0.39, 0.29) is 47.2 Å². The number of amides is 3. The molecule has 0 radical (unpaired) electrons. The van der Waals surface area contributed by atoms with Gasteiger partial charge < -0.3 is 34.1 Å². The van der Waals surface area contributed by atoms with Gasteiger partial charge in [-0.25, -0.2) is 0 Å². The molecule has 3 fully saturated rings. The third kappa shape index (κ3) is 5.65. The van der Waals surface area contributed by atoms with Crippen LogP contribution in [0.3, 0.4) is 0 Å². The summed E-state index contributed by atoms with van der Waals surface area (Å²) in [6, 6.07) is 2.77. The van der Waals surface area contributed by atoms with E-state index in [2.05, 4.69) is 15.5 Å². The van der Waals surface area contributed by atoms with E-state index in [9.17, 15) is 27.7 Å². The number of carbonyl (C=O) groups excluding carboxylic acids is 3. The molecule has 3 aliphatic heterocycles. The minimum atomic E-state index is -5.76. The van der Waals surface area contributed by atoms with Crippen LogP contribution in [0.15, 0.2) is 28.7 Å². The second-order valence-corrected chi connectivity index (χ2v) is 13.9. The Morgan fingerprint density at radius 1 is 1.16 bits per heavy atom. The summed E-state index contributed by atoms with van der Waals surface area (Å²) >= 11 is 1.00. The third-order valence-corrected chi connectivity index (χ3v) is 10.4. The number of hydrogen-bond donors (Lipinski definition) is 3. The average molecular weight is 654 g/mol. The zero-order valence-electron chi connectivity index (χ0n) is 23.5. The highest BCUT2D eigenvalue weighted by Crippen LogP contribution is 2.59. The van der Waals surface area contributed by atoms with Crippen molar-refractivity contribution in [3.05, 3.63) is 46.5 Å². The summed E-state index contributed by atoms with van der Waals surface area (Å²) in [5, 5.41) is 10.8. The van der Waals surface area contributed by atoms with Crippen LogP contribution in [0.25, 0.3) is 10.1 Å². The molecule has 3 saturated heterocycles. The number of ether oxygens (including phenoxy) is 1. The predicted octanol–water partition coefficient (Wildman–Crippen LogP) is 3.06. The van der Waals surface area contributed by atoms with E-state index in [1.807, 2.05) is 0 Å². The number of aryl methyl sites for hydroxylation is 1. The largest absolute Gasteiger partial charge is 0.423 e. The van der Waals surface area contributed by atoms with E-state index in [0.29, 0.717) is 49.2 Å². The number of benzene rings is 1. The first kappa shape index (κ1) is 30.7. The Kier molecular flexibility index (Phi) is 8.07. The van der Waals surface area contributed by atoms with Gasteiger partial charge in [0.05, 0.1) is 18.0 Å². The lowest BCUT2D eigenvalue weighted by molar-refractivity contribution is -0.151. The number of morpholine rings is 1. The molecule has 3 aromatic rings.